The standard InChI is InChI=1S/C18H28FN3O.ClH/c1-14(22-11-8-15(9-12-22)7-10-20-2)18(23)21-13-16-5-3-4-6-17(16)19;/h3-6,14-15,20H,7-13H2,1-2H3,(H,21,23);1H. The Hall–Kier alpha value is -1.17. The number of carbonyl (C=O) groups is 1. The molecule has 6 heteroatoms. The summed E-state index contributed by atoms with van der Waals surface area (Å²) >= 11 is 0. The highest BCUT2D eigenvalue weighted by Gasteiger charge is 2.26. The summed E-state index contributed by atoms with van der Waals surface area (Å²) in [7, 11) is 1.98. The van der Waals surface area contributed by atoms with Crippen LogP contribution in [0.4, 0.5) is 4.39 Å². The number of rotatable bonds is 7. The van der Waals surface area contributed by atoms with Crippen LogP contribution in [0.1, 0.15) is 31.7 Å². The molecule has 1 aromatic carbocycles. The van der Waals surface area contributed by atoms with E-state index in [-0.39, 0.29) is 36.7 Å². The summed E-state index contributed by atoms with van der Waals surface area (Å²) in [6.07, 6.45) is 3.50. The molecule has 1 heterocycles. The van der Waals surface area contributed by atoms with E-state index in [0.717, 1.165) is 38.4 Å². The van der Waals surface area contributed by atoms with Crippen LogP contribution in [0, 0.1) is 11.7 Å². The zero-order valence-corrected chi connectivity index (χ0v) is 15.4. The topological polar surface area (TPSA) is 44.4 Å². The van der Waals surface area contributed by atoms with Gasteiger partial charge >= 0.3 is 0 Å². The molecule has 1 aliphatic heterocycles. The SMILES string of the molecule is CNCCC1CCN(C(C)C(=O)NCc2ccccc2F)CC1.Cl. The normalized spacial score (nSPS) is 17.1. The van der Waals surface area contributed by atoms with Crippen molar-refractivity contribution in [2.24, 2.45) is 5.92 Å². The molecular weight excluding hydrogens is 329 g/mol. The van der Waals surface area contributed by atoms with Crippen LogP contribution in [-0.2, 0) is 11.3 Å². The summed E-state index contributed by atoms with van der Waals surface area (Å²) in [5.74, 6) is 0.458. The second-order valence-electron chi connectivity index (χ2n) is 6.36. The molecule has 1 aromatic rings. The zero-order chi connectivity index (χ0) is 16.7. The third-order valence-electron chi connectivity index (χ3n) is 4.79. The van der Waals surface area contributed by atoms with Crippen molar-refractivity contribution < 1.29 is 9.18 Å². The van der Waals surface area contributed by atoms with Gasteiger partial charge in [-0.15, -0.1) is 12.4 Å². The Labute approximate surface area is 150 Å². The highest BCUT2D eigenvalue weighted by Crippen LogP contribution is 2.21. The number of piperidine rings is 1. The monoisotopic (exact) mass is 357 g/mol. The fourth-order valence-corrected chi connectivity index (χ4v) is 3.11. The molecule has 0 saturated carbocycles. The van der Waals surface area contributed by atoms with E-state index < -0.39 is 0 Å². The van der Waals surface area contributed by atoms with E-state index in [1.165, 1.54) is 12.5 Å². The summed E-state index contributed by atoms with van der Waals surface area (Å²) in [6.45, 7) is 5.16. The van der Waals surface area contributed by atoms with Crippen LogP contribution in [0.5, 0.6) is 0 Å². The molecule has 1 atom stereocenters. The molecule has 0 aliphatic carbocycles. The molecule has 0 aromatic heterocycles. The van der Waals surface area contributed by atoms with E-state index in [1.807, 2.05) is 14.0 Å². The second kappa shape index (κ2) is 10.6. The summed E-state index contributed by atoms with van der Waals surface area (Å²) in [6, 6.07) is 6.40. The Morgan fingerprint density at radius 2 is 2.00 bits per heavy atom. The first-order valence-electron chi connectivity index (χ1n) is 8.51. The minimum atomic E-state index is -0.272. The van der Waals surface area contributed by atoms with E-state index in [0.29, 0.717) is 5.56 Å². The van der Waals surface area contributed by atoms with Crippen molar-refractivity contribution in [3.05, 3.63) is 35.6 Å². The van der Waals surface area contributed by atoms with Crippen LogP contribution in [0.25, 0.3) is 0 Å². The van der Waals surface area contributed by atoms with Gasteiger partial charge in [0.1, 0.15) is 5.82 Å². The number of carbonyl (C=O) groups excluding carboxylic acids is 1. The summed E-state index contributed by atoms with van der Waals surface area (Å²) in [5.41, 5.74) is 0.527. The lowest BCUT2D eigenvalue weighted by molar-refractivity contribution is -0.126. The molecular formula is C18H29ClFN3O. The maximum Gasteiger partial charge on any atom is 0.237 e. The van der Waals surface area contributed by atoms with Crippen molar-refractivity contribution in [1.82, 2.24) is 15.5 Å². The molecule has 1 unspecified atom stereocenters. The van der Waals surface area contributed by atoms with Gasteiger partial charge in [-0.1, -0.05) is 18.2 Å². The second-order valence-corrected chi connectivity index (χ2v) is 6.36. The van der Waals surface area contributed by atoms with E-state index in [9.17, 15) is 9.18 Å². The lowest BCUT2D eigenvalue weighted by Gasteiger charge is -2.35. The molecule has 1 fully saturated rings. The van der Waals surface area contributed by atoms with Crippen LogP contribution in [0.2, 0.25) is 0 Å². The average Bonchev–Trinajstić information content (AvgIpc) is 2.59. The van der Waals surface area contributed by atoms with Crippen molar-refractivity contribution >= 4 is 18.3 Å². The van der Waals surface area contributed by atoms with Gasteiger partial charge in [-0.2, -0.15) is 0 Å². The van der Waals surface area contributed by atoms with E-state index in [1.54, 1.807) is 18.2 Å². The lowest BCUT2D eigenvalue weighted by atomic mass is 9.93. The van der Waals surface area contributed by atoms with Gasteiger partial charge in [0.2, 0.25) is 5.91 Å². The average molecular weight is 358 g/mol. The Morgan fingerprint density at radius 1 is 1.33 bits per heavy atom. The smallest absolute Gasteiger partial charge is 0.237 e. The first-order chi connectivity index (χ1) is 11.1. The molecule has 24 heavy (non-hydrogen) atoms. The predicted octanol–water partition coefficient (Wildman–Crippen LogP) is 2.57. The van der Waals surface area contributed by atoms with Crippen LogP contribution < -0.4 is 10.6 Å². The highest BCUT2D eigenvalue weighted by molar-refractivity contribution is 5.85. The number of hydrogen-bond acceptors (Lipinski definition) is 3. The fourth-order valence-electron chi connectivity index (χ4n) is 3.11. The molecule has 1 saturated heterocycles. The van der Waals surface area contributed by atoms with Gasteiger partial charge in [-0.05, 0) is 64.9 Å². The van der Waals surface area contributed by atoms with Crippen LogP contribution in [0.3, 0.4) is 0 Å². The quantitative estimate of drug-likeness (QED) is 0.788. The van der Waals surface area contributed by atoms with E-state index >= 15 is 0 Å². The molecule has 1 aliphatic rings. The first-order valence-corrected chi connectivity index (χ1v) is 8.51. The number of hydrogen-bond donors (Lipinski definition) is 2. The molecule has 0 bridgehead atoms. The van der Waals surface area contributed by atoms with E-state index in [2.05, 4.69) is 15.5 Å². The highest BCUT2D eigenvalue weighted by atomic mass is 35.5. The summed E-state index contributed by atoms with van der Waals surface area (Å²) in [5, 5.41) is 6.05. The van der Waals surface area contributed by atoms with Gasteiger partial charge in [0.05, 0.1) is 6.04 Å². The first kappa shape index (κ1) is 20.9. The number of amides is 1. The van der Waals surface area contributed by atoms with Crippen molar-refractivity contribution in [2.75, 3.05) is 26.7 Å². The Bertz CT molecular complexity index is 507. The number of nitrogens with one attached hydrogen (secondary N) is 2. The van der Waals surface area contributed by atoms with Gasteiger partial charge in [-0.3, -0.25) is 9.69 Å². The van der Waals surface area contributed by atoms with Crippen molar-refractivity contribution in [2.45, 2.75) is 38.8 Å². The largest absolute Gasteiger partial charge is 0.351 e. The minimum absolute atomic E-state index is 0. The van der Waals surface area contributed by atoms with Crippen LogP contribution in [-0.4, -0.2) is 43.5 Å². The molecule has 1 amide bonds. The fraction of sp³-hybridized carbons (Fsp3) is 0.611. The van der Waals surface area contributed by atoms with Gasteiger partial charge in [0.15, 0.2) is 0 Å². The number of halogens is 2. The van der Waals surface area contributed by atoms with Crippen LogP contribution in [0.15, 0.2) is 24.3 Å². The van der Waals surface area contributed by atoms with Gasteiger partial charge < -0.3 is 10.6 Å². The Balaban J connectivity index is 0.00000288. The molecule has 2 N–H and O–H groups in total. The third kappa shape index (κ3) is 6.04. The predicted molar refractivity (Wildman–Crippen MR) is 97.8 cm³/mol. The molecule has 4 nitrogen and oxygen atoms in total. The molecule has 0 radical (unpaired) electrons. The van der Waals surface area contributed by atoms with Crippen molar-refractivity contribution in [3.63, 3.8) is 0 Å². The zero-order valence-electron chi connectivity index (χ0n) is 14.6. The maximum absolute atomic E-state index is 13.6. The third-order valence-corrected chi connectivity index (χ3v) is 4.79. The van der Waals surface area contributed by atoms with Gasteiger partial charge in [0.25, 0.3) is 0 Å². The molecule has 0 spiro atoms. The van der Waals surface area contributed by atoms with Crippen LogP contribution >= 0.6 is 12.4 Å². The number of likely N-dealkylation sites (tertiary alicyclic amines) is 1. The van der Waals surface area contributed by atoms with Gasteiger partial charge in [0, 0.05) is 12.1 Å². The molecule has 136 valence electrons. The lowest BCUT2D eigenvalue weighted by Crippen LogP contribution is -2.48. The minimum Gasteiger partial charge on any atom is -0.351 e. The van der Waals surface area contributed by atoms with Gasteiger partial charge in [-0.25, -0.2) is 4.39 Å². The van der Waals surface area contributed by atoms with E-state index in [4.69, 9.17) is 0 Å². The maximum atomic E-state index is 13.6. The Kier molecular flexibility index (Phi) is 9.26. The summed E-state index contributed by atoms with van der Waals surface area (Å²) in [4.78, 5) is 14.5. The van der Waals surface area contributed by atoms with Crippen molar-refractivity contribution in [3.8, 4) is 0 Å². The molecule has 2 rings (SSSR count). The number of nitrogens with zero attached hydrogens (tertiary/aromatic N) is 1. The Morgan fingerprint density at radius 3 is 2.62 bits per heavy atom. The summed E-state index contributed by atoms with van der Waals surface area (Å²) < 4.78 is 13.6. The number of benzene rings is 1. The van der Waals surface area contributed by atoms with Crippen molar-refractivity contribution in [1.29, 1.82) is 0 Å².